The number of aromatic nitrogens is 2. The maximum atomic E-state index is 12.6. The Morgan fingerprint density at radius 1 is 1.19 bits per heavy atom. The molecule has 0 radical (unpaired) electrons. The van der Waals surface area contributed by atoms with Gasteiger partial charge in [0.05, 0.1) is 22.4 Å². The Bertz CT molecular complexity index is 1290. The maximum Gasteiger partial charge on any atom is 0.338 e. The first-order chi connectivity index (χ1) is 14.9. The molecule has 2 aliphatic rings. The summed E-state index contributed by atoms with van der Waals surface area (Å²) in [4.78, 5) is 23.7. The van der Waals surface area contributed by atoms with Crippen LogP contribution in [0.5, 0.6) is 0 Å². The van der Waals surface area contributed by atoms with Gasteiger partial charge in [-0.15, -0.1) is 11.3 Å². The van der Waals surface area contributed by atoms with Gasteiger partial charge in [0, 0.05) is 11.4 Å². The first kappa shape index (κ1) is 20.2. The number of benzene rings is 1. The van der Waals surface area contributed by atoms with E-state index in [9.17, 15) is 13.2 Å². The zero-order valence-electron chi connectivity index (χ0n) is 16.8. The number of aryl methyl sites for hydroxylation is 2. The van der Waals surface area contributed by atoms with Crippen LogP contribution < -0.4 is 10.0 Å². The van der Waals surface area contributed by atoms with Gasteiger partial charge in [-0.1, -0.05) is 6.07 Å². The Kier molecular flexibility index (Phi) is 5.05. The summed E-state index contributed by atoms with van der Waals surface area (Å²) >= 11 is 1.64. The van der Waals surface area contributed by atoms with E-state index in [1.807, 2.05) is 0 Å². The standard InChI is InChI=1S/C21H22N4O4S2/c22-19-18-15-7-1-2-8-16(15)30-20(18)24-17(23-19)12-29-21(26)13-5-3-6-14(11-13)25-9-4-10-31(25,27)28/h3,5-6,11H,1-2,4,7-10,12H2,(H2,22,23,24). The number of nitrogens with zero attached hydrogens (tertiary/aromatic N) is 3. The molecule has 3 heterocycles. The molecule has 1 aliphatic carbocycles. The second kappa shape index (κ2) is 7.76. The second-order valence-corrected chi connectivity index (χ2v) is 10.9. The zero-order chi connectivity index (χ0) is 21.6. The molecule has 162 valence electrons. The molecular weight excluding hydrogens is 436 g/mol. The second-order valence-electron chi connectivity index (χ2n) is 7.78. The number of carbonyl (C=O) groups excluding carboxylic acids is 1. The Hall–Kier alpha value is -2.72. The number of anilines is 2. The molecule has 3 aromatic rings. The van der Waals surface area contributed by atoms with Gasteiger partial charge in [0.25, 0.3) is 0 Å². The van der Waals surface area contributed by atoms with Crippen molar-refractivity contribution in [3.05, 3.63) is 46.1 Å². The van der Waals surface area contributed by atoms with Crippen molar-refractivity contribution in [1.29, 1.82) is 0 Å². The smallest absolute Gasteiger partial charge is 0.338 e. The van der Waals surface area contributed by atoms with Gasteiger partial charge in [-0.2, -0.15) is 0 Å². The summed E-state index contributed by atoms with van der Waals surface area (Å²) in [6.07, 6.45) is 4.94. The summed E-state index contributed by atoms with van der Waals surface area (Å²) in [7, 11) is -3.32. The molecule has 0 saturated carbocycles. The quantitative estimate of drug-likeness (QED) is 0.597. The largest absolute Gasteiger partial charge is 0.454 e. The van der Waals surface area contributed by atoms with Crippen LogP contribution in [0.4, 0.5) is 11.5 Å². The Balaban J connectivity index is 1.34. The number of carbonyl (C=O) groups is 1. The fraction of sp³-hybridized carbons (Fsp3) is 0.381. The van der Waals surface area contributed by atoms with Gasteiger partial charge in [0.15, 0.2) is 12.4 Å². The van der Waals surface area contributed by atoms with E-state index in [2.05, 4.69) is 9.97 Å². The lowest BCUT2D eigenvalue weighted by Gasteiger charge is -2.17. The highest BCUT2D eigenvalue weighted by Gasteiger charge is 2.29. The van der Waals surface area contributed by atoms with Crippen molar-refractivity contribution in [1.82, 2.24) is 9.97 Å². The van der Waals surface area contributed by atoms with Crippen molar-refractivity contribution < 1.29 is 17.9 Å². The van der Waals surface area contributed by atoms with Gasteiger partial charge in [-0.3, -0.25) is 4.31 Å². The number of sulfonamides is 1. The summed E-state index contributed by atoms with van der Waals surface area (Å²) in [6.45, 7) is 0.312. The van der Waals surface area contributed by atoms with Crippen molar-refractivity contribution in [3.8, 4) is 0 Å². The number of hydrogen-bond donors (Lipinski definition) is 1. The molecule has 31 heavy (non-hydrogen) atoms. The van der Waals surface area contributed by atoms with Crippen LogP contribution in [-0.4, -0.2) is 36.7 Å². The Morgan fingerprint density at radius 2 is 2.03 bits per heavy atom. The van der Waals surface area contributed by atoms with Crippen LogP contribution in [-0.2, 0) is 34.2 Å². The van der Waals surface area contributed by atoms with Gasteiger partial charge in [-0.25, -0.2) is 23.2 Å². The molecule has 0 atom stereocenters. The number of fused-ring (bicyclic) bond motifs is 3. The van der Waals surface area contributed by atoms with Gasteiger partial charge in [0.1, 0.15) is 10.6 Å². The number of thiophene rings is 1. The SMILES string of the molecule is Nc1nc(COC(=O)c2cccc(N3CCCS3(=O)=O)c2)nc2sc3c(c12)CCCC3. The highest BCUT2D eigenvalue weighted by molar-refractivity contribution is 7.93. The summed E-state index contributed by atoms with van der Waals surface area (Å²) in [5.41, 5.74) is 8.22. The van der Waals surface area contributed by atoms with Gasteiger partial charge in [0.2, 0.25) is 10.0 Å². The predicted molar refractivity (Wildman–Crippen MR) is 120 cm³/mol. The average Bonchev–Trinajstić information content (AvgIpc) is 3.31. The fourth-order valence-corrected chi connectivity index (χ4v) is 7.07. The lowest BCUT2D eigenvalue weighted by molar-refractivity contribution is 0.0463. The van der Waals surface area contributed by atoms with Crippen LogP contribution >= 0.6 is 11.3 Å². The number of nitrogen functional groups attached to an aromatic ring is 1. The van der Waals surface area contributed by atoms with Crippen LogP contribution in [0.25, 0.3) is 10.2 Å². The van der Waals surface area contributed by atoms with E-state index in [-0.39, 0.29) is 17.9 Å². The van der Waals surface area contributed by atoms with E-state index in [4.69, 9.17) is 10.5 Å². The van der Waals surface area contributed by atoms with Crippen LogP contribution in [0.3, 0.4) is 0 Å². The molecule has 1 saturated heterocycles. The van der Waals surface area contributed by atoms with E-state index >= 15 is 0 Å². The van der Waals surface area contributed by atoms with Crippen molar-refractivity contribution in [3.63, 3.8) is 0 Å². The van der Waals surface area contributed by atoms with Gasteiger partial charge in [-0.05, 0) is 55.9 Å². The summed E-state index contributed by atoms with van der Waals surface area (Å²) in [5.74, 6) is 0.341. The molecule has 0 bridgehead atoms. The summed E-state index contributed by atoms with van der Waals surface area (Å²) in [6, 6.07) is 6.46. The lowest BCUT2D eigenvalue weighted by Crippen LogP contribution is -2.25. The molecule has 0 spiro atoms. The number of hydrogen-bond acceptors (Lipinski definition) is 8. The van der Waals surface area contributed by atoms with Crippen molar-refractivity contribution >= 4 is 49.1 Å². The number of esters is 1. The summed E-state index contributed by atoms with van der Waals surface area (Å²) in [5, 5.41) is 0.939. The van der Waals surface area contributed by atoms with Crippen molar-refractivity contribution in [2.24, 2.45) is 0 Å². The third-order valence-electron chi connectivity index (χ3n) is 5.69. The molecular formula is C21H22N4O4S2. The van der Waals surface area contributed by atoms with Crippen LogP contribution in [0.2, 0.25) is 0 Å². The lowest BCUT2D eigenvalue weighted by atomic mass is 9.97. The Labute approximate surface area is 184 Å². The fourth-order valence-electron chi connectivity index (χ4n) is 4.23. The average molecular weight is 459 g/mol. The number of nitrogens with two attached hydrogens (primary N) is 1. The van der Waals surface area contributed by atoms with Crippen molar-refractivity contribution in [2.45, 2.75) is 38.7 Å². The molecule has 5 rings (SSSR count). The third-order valence-corrected chi connectivity index (χ3v) is 8.75. The highest BCUT2D eigenvalue weighted by atomic mass is 32.2. The van der Waals surface area contributed by atoms with E-state index < -0.39 is 16.0 Å². The molecule has 0 unspecified atom stereocenters. The van der Waals surface area contributed by atoms with E-state index in [0.717, 1.165) is 29.5 Å². The highest BCUT2D eigenvalue weighted by Crippen LogP contribution is 2.37. The molecule has 2 N–H and O–H groups in total. The molecule has 10 heteroatoms. The van der Waals surface area contributed by atoms with Crippen molar-refractivity contribution in [2.75, 3.05) is 22.3 Å². The minimum atomic E-state index is -3.32. The maximum absolute atomic E-state index is 12.6. The van der Waals surface area contributed by atoms with Crippen LogP contribution in [0, 0.1) is 0 Å². The third kappa shape index (κ3) is 3.74. The normalized spacial score (nSPS) is 17.6. The van der Waals surface area contributed by atoms with Crippen LogP contribution in [0.15, 0.2) is 24.3 Å². The topological polar surface area (TPSA) is 115 Å². The molecule has 0 amide bonds. The van der Waals surface area contributed by atoms with E-state index in [1.165, 1.54) is 27.2 Å². The first-order valence-electron chi connectivity index (χ1n) is 10.3. The zero-order valence-corrected chi connectivity index (χ0v) is 18.5. The first-order valence-corrected chi connectivity index (χ1v) is 12.7. The van der Waals surface area contributed by atoms with Gasteiger partial charge >= 0.3 is 5.97 Å². The monoisotopic (exact) mass is 458 g/mol. The van der Waals surface area contributed by atoms with E-state index in [1.54, 1.807) is 29.5 Å². The number of rotatable bonds is 4. The molecule has 1 aliphatic heterocycles. The molecule has 1 aromatic carbocycles. The summed E-state index contributed by atoms with van der Waals surface area (Å²) < 4.78 is 31.0. The molecule has 8 nitrogen and oxygen atoms in total. The van der Waals surface area contributed by atoms with Gasteiger partial charge < -0.3 is 10.5 Å². The molecule has 1 fully saturated rings. The van der Waals surface area contributed by atoms with E-state index in [0.29, 0.717) is 30.3 Å². The number of ether oxygens (including phenoxy) is 1. The Morgan fingerprint density at radius 3 is 2.84 bits per heavy atom. The minimum Gasteiger partial charge on any atom is -0.454 e. The molecule has 2 aromatic heterocycles. The minimum absolute atomic E-state index is 0.103. The predicted octanol–water partition coefficient (Wildman–Crippen LogP) is 3.05. The van der Waals surface area contributed by atoms with Crippen LogP contribution in [0.1, 0.15) is 45.9 Å².